The molecule has 0 aliphatic carbocycles. The zero-order valence-corrected chi connectivity index (χ0v) is 12.1. The normalized spacial score (nSPS) is 10.7. The first-order valence-corrected chi connectivity index (χ1v) is 6.59. The van der Waals surface area contributed by atoms with E-state index < -0.39 is 0 Å². The van der Waals surface area contributed by atoms with Crippen LogP contribution in [-0.4, -0.2) is 31.3 Å². The van der Waals surface area contributed by atoms with E-state index in [9.17, 15) is 0 Å². The standard InChI is InChI=1S/C12H17ClN6/c1-4-9-17-11(13)8(2)12(18-9)14-6-5-10-15-7-16-19(10)3/h7H,4-6H2,1-3H3,(H,14,17,18). The molecule has 2 heterocycles. The van der Waals surface area contributed by atoms with Crippen molar-refractivity contribution in [2.75, 3.05) is 11.9 Å². The summed E-state index contributed by atoms with van der Waals surface area (Å²) in [5.41, 5.74) is 0.872. The molecule has 1 N–H and O–H groups in total. The third kappa shape index (κ3) is 3.20. The fraction of sp³-hybridized carbons (Fsp3) is 0.500. The minimum Gasteiger partial charge on any atom is -0.369 e. The highest BCUT2D eigenvalue weighted by atomic mass is 35.5. The zero-order chi connectivity index (χ0) is 13.8. The lowest BCUT2D eigenvalue weighted by molar-refractivity contribution is 0.701. The summed E-state index contributed by atoms with van der Waals surface area (Å²) in [5, 5.41) is 7.82. The van der Waals surface area contributed by atoms with Gasteiger partial charge in [-0.25, -0.2) is 15.0 Å². The van der Waals surface area contributed by atoms with E-state index in [2.05, 4.69) is 25.4 Å². The van der Waals surface area contributed by atoms with Gasteiger partial charge >= 0.3 is 0 Å². The molecule has 0 aromatic carbocycles. The maximum absolute atomic E-state index is 6.08. The molecule has 7 heteroatoms. The molecule has 0 saturated carbocycles. The molecule has 0 amide bonds. The number of nitrogens with zero attached hydrogens (tertiary/aromatic N) is 5. The second-order valence-electron chi connectivity index (χ2n) is 4.23. The van der Waals surface area contributed by atoms with Gasteiger partial charge in [-0.15, -0.1) is 0 Å². The van der Waals surface area contributed by atoms with E-state index in [0.717, 1.165) is 42.4 Å². The highest BCUT2D eigenvalue weighted by Crippen LogP contribution is 2.19. The van der Waals surface area contributed by atoms with Crippen LogP contribution in [0.15, 0.2) is 6.33 Å². The number of hydrogen-bond donors (Lipinski definition) is 1. The van der Waals surface area contributed by atoms with Crippen molar-refractivity contribution >= 4 is 17.4 Å². The fourth-order valence-corrected chi connectivity index (χ4v) is 1.89. The summed E-state index contributed by atoms with van der Waals surface area (Å²) >= 11 is 6.08. The molecule has 102 valence electrons. The molecule has 2 aromatic heterocycles. The lowest BCUT2D eigenvalue weighted by Gasteiger charge is -2.10. The van der Waals surface area contributed by atoms with E-state index in [1.165, 1.54) is 0 Å². The lowest BCUT2D eigenvalue weighted by Crippen LogP contribution is -2.12. The van der Waals surface area contributed by atoms with E-state index in [1.807, 2.05) is 20.9 Å². The highest BCUT2D eigenvalue weighted by Gasteiger charge is 2.08. The van der Waals surface area contributed by atoms with Crippen LogP contribution in [0.2, 0.25) is 5.15 Å². The van der Waals surface area contributed by atoms with Gasteiger partial charge in [-0.2, -0.15) is 5.10 Å². The van der Waals surface area contributed by atoms with Gasteiger partial charge in [-0.1, -0.05) is 18.5 Å². The topological polar surface area (TPSA) is 68.5 Å². The van der Waals surface area contributed by atoms with E-state index >= 15 is 0 Å². The minimum absolute atomic E-state index is 0.507. The summed E-state index contributed by atoms with van der Waals surface area (Å²) in [6, 6.07) is 0. The van der Waals surface area contributed by atoms with Crippen LogP contribution >= 0.6 is 11.6 Å². The zero-order valence-electron chi connectivity index (χ0n) is 11.3. The monoisotopic (exact) mass is 280 g/mol. The van der Waals surface area contributed by atoms with E-state index in [-0.39, 0.29) is 0 Å². The first-order chi connectivity index (χ1) is 9.11. The Labute approximate surface area is 117 Å². The van der Waals surface area contributed by atoms with Crippen molar-refractivity contribution in [2.45, 2.75) is 26.7 Å². The Morgan fingerprint density at radius 3 is 2.79 bits per heavy atom. The second kappa shape index (κ2) is 5.97. The van der Waals surface area contributed by atoms with Crippen molar-refractivity contribution in [1.29, 1.82) is 0 Å². The largest absolute Gasteiger partial charge is 0.369 e. The summed E-state index contributed by atoms with van der Waals surface area (Å²) < 4.78 is 1.76. The average Bonchev–Trinajstić information content (AvgIpc) is 2.80. The highest BCUT2D eigenvalue weighted by molar-refractivity contribution is 6.30. The van der Waals surface area contributed by atoms with E-state index in [1.54, 1.807) is 11.0 Å². The van der Waals surface area contributed by atoms with Gasteiger partial charge in [-0.3, -0.25) is 4.68 Å². The van der Waals surface area contributed by atoms with Crippen LogP contribution in [0.4, 0.5) is 5.82 Å². The summed E-state index contributed by atoms with van der Waals surface area (Å²) in [5.74, 6) is 2.47. The van der Waals surface area contributed by atoms with E-state index in [4.69, 9.17) is 11.6 Å². The molecule has 6 nitrogen and oxygen atoms in total. The summed E-state index contributed by atoms with van der Waals surface area (Å²) in [6.45, 7) is 4.64. The number of hydrogen-bond acceptors (Lipinski definition) is 5. The number of aryl methyl sites for hydroxylation is 2. The fourth-order valence-electron chi connectivity index (χ4n) is 1.70. The van der Waals surface area contributed by atoms with Gasteiger partial charge in [0.1, 0.15) is 28.9 Å². The predicted octanol–water partition coefficient (Wildman–Crippen LogP) is 1.78. The molecule has 0 spiro atoms. The van der Waals surface area contributed by atoms with Gasteiger partial charge in [0.25, 0.3) is 0 Å². The Morgan fingerprint density at radius 1 is 1.37 bits per heavy atom. The summed E-state index contributed by atoms with van der Waals surface area (Å²) in [4.78, 5) is 12.8. The van der Waals surface area contributed by atoms with Gasteiger partial charge in [-0.05, 0) is 6.92 Å². The lowest BCUT2D eigenvalue weighted by atomic mass is 10.3. The molecule has 0 aliphatic rings. The third-order valence-electron chi connectivity index (χ3n) is 2.90. The van der Waals surface area contributed by atoms with Crippen molar-refractivity contribution in [3.63, 3.8) is 0 Å². The van der Waals surface area contributed by atoms with Crippen LogP contribution in [0, 0.1) is 6.92 Å². The van der Waals surface area contributed by atoms with Crippen LogP contribution in [-0.2, 0) is 19.9 Å². The van der Waals surface area contributed by atoms with Crippen LogP contribution in [0.1, 0.15) is 24.1 Å². The summed E-state index contributed by atoms with van der Waals surface area (Å²) in [6.07, 6.45) is 3.09. The molecular weight excluding hydrogens is 264 g/mol. The van der Waals surface area contributed by atoms with Crippen LogP contribution in [0.25, 0.3) is 0 Å². The number of nitrogens with one attached hydrogen (secondary N) is 1. The minimum atomic E-state index is 0.507. The molecule has 2 rings (SSSR count). The first-order valence-electron chi connectivity index (χ1n) is 6.21. The molecule has 0 unspecified atom stereocenters. The molecule has 2 aromatic rings. The first kappa shape index (κ1) is 13.7. The van der Waals surface area contributed by atoms with Gasteiger partial charge < -0.3 is 5.32 Å². The van der Waals surface area contributed by atoms with E-state index in [0.29, 0.717) is 5.15 Å². The van der Waals surface area contributed by atoms with Crippen molar-refractivity contribution in [3.8, 4) is 0 Å². The SMILES string of the molecule is CCc1nc(Cl)c(C)c(NCCc2ncnn2C)n1. The molecule has 0 aliphatic heterocycles. The Hall–Kier alpha value is -1.69. The Morgan fingerprint density at radius 2 is 2.16 bits per heavy atom. The van der Waals surface area contributed by atoms with Gasteiger partial charge in [0.2, 0.25) is 0 Å². The number of rotatable bonds is 5. The average molecular weight is 281 g/mol. The maximum Gasteiger partial charge on any atom is 0.138 e. The number of halogens is 1. The molecule has 0 atom stereocenters. The molecule has 0 saturated heterocycles. The quantitative estimate of drug-likeness (QED) is 0.846. The third-order valence-corrected chi connectivity index (χ3v) is 3.26. The van der Waals surface area contributed by atoms with Crippen molar-refractivity contribution < 1.29 is 0 Å². The molecule has 0 bridgehead atoms. The second-order valence-corrected chi connectivity index (χ2v) is 4.59. The van der Waals surface area contributed by atoms with Crippen molar-refractivity contribution in [3.05, 3.63) is 28.7 Å². The Kier molecular flexibility index (Phi) is 4.31. The van der Waals surface area contributed by atoms with Crippen LogP contribution in [0.5, 0.6) is 0 Å². The molecular formula is C12H17ClN6. The smallest absolute Gasteiger partial charge is 0.138 e. The Bertz CT molecular complexity index is 565. The van der Waals surface area contributed by atoms with Gasteiger partial charge in [0, 0.05) is 32.0 Å². The number of aromatic nitrogens is 5. The van der Waals surface area contributed by atoms with Crippen molar-refractivity contribution in [1.82, 2.24) is 24.7 Å². The Balaban J connectivity index is 2.03. The van der Waals surface area contributed by atoms with Crippen molar-refractivity contribution in [2.24, 2.45) is 7.05 Å². The maximum atomic E-state index is 6.08. The molecule has 0 radical (unpaired) electrons. The summed E-state index contributed by atoms with van der Waals surface area (Å²) in [7, 11) is 1.88. The molecule has 0 fully saturated rings. The van der Waals surface area contributed by atoms with Gasteiger partial charge in [0.05, 0.1) is 0 Å². The van der Waals surface area contributed by atoms with Crippen LogP contribution < -0.4 is 5.32 Å². The predicted molar refractivity (Wildman–Crippen MR) is 74.4 cm³/mol. The molecule has 19 heavy (non-hydrogen) atoms. The van der Waals surface area contributed by atoms with Gasteiger partial charge in [0.15, 0.2) is 0 Å². The van der Waals surface area contributed by atoms with Crippen LogP contribution in [0.3, 0.4) is 0 Å². The number of anilines is 1.